The third-order valence-electron chi connectivity index (χ3n) is 2.58. The van der Waals surface area contributed by atoms with Gasteiger partial charge in [0.2, 0.25) is 0 Å². The maximum absolute atomic E-state index is 13.4. The van der Waals surface area contributed by atoms with Crippen molar-refractivity contribution in [2.45, 2.75) is 13.8 Å². The van der Waals surface area contributed by atoms with Crippen LogP contribution in [-0.4, -0.2) is 22.5 Å². The fraction of sp³-hybridized carbons (Fsp3) is 0.333. The molecule has 0 radical (unpaired) electrons. The van der Waals surface area contributed by atoms with Gasteiger partial charge in [0.1, 0.15) is 17.1 Å². The molecule has 98 valence electrons. The number of hydrogen-bond donors (Lipinski definition) is 3. The summed E-state index contributed by atoms with van der Waals surface area (Å²) in [5, 5.41) is 11.9. The first-order valence-corrected chi connectivity index (χ1v) is 5.72. The number of carbonyl (C=O) groups excluding carboxylic acids is 1. The van der Waals surface area contributed by atoms with E-state index in [1.807, 2.05) is 0 Å². The molecule has 1 aromatic carbocycles. The quantitative estimate of drug-likeness (QED) is 0.726. The number of amides is 1. The summed E-state index contributed by atoms with van der Waals surface area (Å²) in [5.74, 6) is -1.88. The van der Waals surface area contributed by atoms with E-state index in [0.717, 1.165) is 6.07 Å². The maximum Gasteiger partial charge on any atom is 0.258 e. The Balaban J connectivity index is 2.82. The molecule has 0 aliphatic heterocycles. The van der Waals surface area contributed by atoms with E-state index in [2.05, 4.69) is 5.32 Å². The lowest BCUT2D eigenvalue weighted by Crippen LogP contribution is -2.41. The predicted molar refractivity (Wildman–Crippen MR) is 71.0 cm³/mol. The van der Waals surface area contributed by atoms with Crippen molar-refractivity contribution in [1.29, 1.82) is 0 Å². The molecule has 0 atom stereocenters. The predicted octanol–water partition coefficient (Wildman–Crippen LogP) is 1.57. The first kappa shape index (κ1) is 14.4. The van der Waals surface area contributed by atoms with E-state index in [9.17, 15) is 14.3 Å². The lowest BCUT2D eigenvalue weighted by Gasteiger charge is -2.23. The van der Waals surface area contributed by atoms with Crippen LogP contribution in [0.2, 0.25) is 0 Å². The Hall–Kier alpha value is -1.69. The number of nitrogens with two attached hydrogens (primary N) is 1. The summed E-state index contributed by atoms with van der Waals surface area (Å²) < 4.78 is 13.4. The number of halogens is 1. The Labute approximate surface area is 110 Å². The minimum absolute atomic E-state index is 0.162. The van der Waals surface area contributed by atoms with Crippen molar-refractivity contribution in [2.24, 2.45) is 11.1 Å². The summed E-state index contributed by atoms with van der Waals surface area (Å²) in [6.45, 7) is 3.68. The number of aromatic hydroxyl groups is 1. The average Bonchev–Trinajstić information content (AvgIpc) is 2.26. The van der Waals surface area contributed by atoms with E-state index in [4.69, 9.17) is 18.0 Å². The molecule has 0 bridgehead atoms. The van der Waals surface area contributed by atoms with Crippen LogP contribution in [0.4, 0.5) is 4.39 Å². The van der Waals surface area contributed by atoms with Gasteiger partial charge in [-0.3, -0.25) is 4.79 Å². The lowest BCUT2D eigenvalue weighted by molar-refractivity contribution is 0.0938. The Morgan fingerprint density at radius 3 is 2.67 bits per heavy atom. The van der Waals surface area contributed by atoms with Gasteiger partial charge in [-0.1, -0.05) is 32.1 Å². The second kappa shape index (κ2) is 5.30. The van der Waals surface area contributed by atoms with Crippen molar-refractivity contribution >= 4 is 23.1 Å². The highest BCUT2D eigenvalue weighted by Crippen LogP contribution is 2.20. The number of phenolic OH excluding ortho intramolecular Hbond substituents is 1. The smallest absolute Gasteiger partial charge is 0.258 e. The van der Waals surface area contributed by atoms with E-state index in [-0.39, 0.29) is 17.1 Å². The van der Waals surface area contributed by atoms with Crippen molar-refractivity contribution in [3.8, 4) is 5.75 Å². The van der Waals surface area contributed by atoms with Crippen molar-refractivity contribution in [2.75, 3.05) is 6.54 Å². The second-order valence-corrected chi connectivity index (χ2v) is 5.00. The van der Waals surface area contributed by atoms with Crippen LogP contribution in [0.3, 0.4) is 0 Å². The molecule has 0 unspecified atom stereocenters. The van der Waals surface area contributed by atoms with Crippen molar-refractivity contribution in [3.63, 3.8) is 0 Å². The van der Waals surface area contributed by atoms with Crippen LogP contribution in [0.5, 0.6) is 5.75 Å². The molecule has 4 N–H and O–H groups in total. The minimum atomic E-state index is -0.777. The molecular weight excluding hydrogens is 255 g/mol. The summed E-state index contributed by atoms with van der Waals surface area (Å²) in [6, 6.07) is 3.67. The minimum Gasteiger partial charge on any atom is -0.507 e. The molecule has 0 aromatic heterocycles. The van der Waals surface area contributed by atoms with Gasteiger partial charge in [0, 0.05) is 12.0 Å². The van der Waals surface area contributed by atoms with E-state index >= 15 is 0 Å². The normalized spacial score (nSPS) is 11.1. The lowest BCUT2D eigenvalue weighted by atomic mass is 9.93. The number of thiocarbonyl (C=S) groups is 1. The topological polar surface area (TPSA) is 75.3 Å². The van der Waals surface area contributed by atoms with Gasteiger partial charge in [0.05, 0.1) is 4.99 Å². The molecule has 0 saturated heterocycles. The second-order valence-electron chi connectivity index (χ2n) is 4.56. The summed E-state index contributed by atoms with van der Waals surface area (Å²) in [5.41, 5.74) is 4.56. The van der Waals surface area contributed by atoms with Gasteiger partial charge in [0.15, 0.2) is 0 Å². The first-order valence-electron chi connectivity index (χ1n) is 5.31. The molecule has 4 nitrogen and oxygen atoms in total. The van der Waals surface area contributed by atoms with Gasteiger partial charge in [0.25, 0.3) is 5.91 Å². The van der Waals surface area contributed by atoms with Gasteiger partial charge >= 0.3 is 0 Å². The number of hydrogen-bond acceptors (Lipinski definition) is 3. The van der Waals surface area contributed by atoms with Crippen LogP contribution in [-0.2, 0) is 0 Å². The van der Waals surface area contributed by atoms with Crippen LogP contribution < -0.4 is 11.1 Å². The highest BCUT2D eigenvalue weighted by atomic mass is 32.1. The van der Waals surface area contributed by atoms with Gasteiger partial charge < -0.3 is 16.2 Å². The molecule has 1 rings (SSSR count). The number of rotatable bonds is 4. The third-order valence-corrected chi connectivity index (χ3v) is 3.13. The Bertz CT molecular complexity index is 469. The average molecular weight is 270 g/mol. The maximum atomic E-state index is 13.4. The number of carbonyl (C=O) groups is 1. The fourth-order valence-electron chi connectivity index (χ4n) is 1.21. The molecule has 6 heteroatoms. The molecule has 0 spiro atoms. The first-order chi connectivity index (χ1) is 8.25. The Kier molecular flexibility index (Phi) is 4.24. The molecule has 1 amide bonds. The van der Waals surface area contributed by atoms with E-state index in [1.165, 1.54) is 12.1 Å². The molecule has 1 aromatic rings. The Morgan fingerprint density at radius 1 is 1.56 bits per heavy atom. The van der Waals surface area contributed by atoms with E-state index < -0.39 is 22.9 Å². The van der Waals surface area contributed by atoms with Crippen LogP contribution in [0, 0.1) is 11.2 Å². The van der Waals surface area contributed by atoms with Crippen LogP contribution in [0.1, 0.15) is 24.2 Å². The summed E-state index contributed by atoms with van der Waals surface area (Å²) in [4.78, 5) is 12.0. The molecule has 0 saturated carbocycles. The zero-order valence-corrected chi connectivity index (χ0v) is 11.0. The monoisotopic (exact) mass is 270 g/mol. The molecule has 0 heterocycles. The van der Waals surface area contributed by atoms with Gasteiger partial charge in [-0.25, -0.2) is 4.39 Å². The summed E-state index contributed by atoms with van der Waals surface area (Å²) in [7, 11) is 0. The van der Waals surface area contributed by atoms with Crippen molar-refractivity contribution in [1.82, 2.24) is 5.32 Å². The Morgan fingerprint density at radius 2 is 2.17 bits per heavy atom. The molecular formula is C12H15FN2O2S. The van der Waals surface area contributed by atoms with Gasteiger partial charge in [-0.05, 0) is 12.1 Å². The van der Waals surface area contributed by atoms with Crippen molar-refractivity contribution < 1.29 is 14.3 Å². The number of nitrogens with one attached hydrogen (secondary N) is 1. The van der Waals surface area contributed by atoms with Crippen molar-refractivity contribution in [3.05, 3.63) is 29.6 Å². The molecule has 0 aliphatic rings. The summed E-state index contributed by atoms with van der Waals surface area (Å²) >= 11 is 4.85. The van der Waals surface area contributed by atoms with Crippen LogP contribution >= 0.6 is 12.2 Å². The van der Waals surface area contributed by atoms with Gasteiger partial charge in [-0.15, -0.1) is 0 Å². The largest absolute Gasteiger partial charge is 0.507 e. The van der Waals surface area contributed by atoms with E-state index in [0.29, 0.717) is 0 Å². The molecule has 18 heavy (non-hydrogen) atoms. The standard InChI is InChI=1S/C12H15FN2O2S/c1-12(2,11(14)18)6-15-10(17)9-7(13)4-3-5-8(9)16/h3-5,16H,6H2,1-2H3,(H2,14,18)(H,15,17). The SMILES string of the molecule is CC(C)(CNC(=O)c1c(O)cccc1F)C(N)=S. The number of phenols is 1. The molecule has 0 aliphatic carbocycles. The van der Waals surface area contributed by atoms with Crippen LogP contribution in [0.15, 0.2) is 18.2 Å². The van der Waals surface area contributed by atoms with Gasteiger partial charge in [-0.2, -0.15) is 0 Å². The zero-order valence-electron chi connectivity index (χ0n) is 10.2. The summed E-state index contributed by atoms with van der Waals surface area (Å²) in [6.07, 6.45) is 0. The highest BCUT2D eigenvalue weighted by molar-refractivity contribution is 7.80. The zero-order chi connectivity index (χ0) is 13.9. The fourth-order valence-corrected chi connectivity index (χ4v) is 1.29. The highest BCUT2D eigenvalue weighted by Gasteiger charge is 2.24. The molecule has 0 fully saturated rings. The number of benzene rings is 1. The van der Waals surface area contributed by atoms with E-state index in [1.54, 1.807) is 13.8 Å². The van der Waals surface area contributed by atoms with Crippen LogP contribution in [0.25, 0.3) is 0 Å². The third kappa shape index (κ3) is 3.16.